The van der Waals surface area contributed by atoms with Crippen LogP contribution in [0.25, 0.3) is 0 Å². The zero-order chi connectivity index (χ0) is 14.8. The van der Waals surface area contributed by atoms with E-state index in [1.54, 1.807) is 0 Å². The molecule has 3 rings (SSSR count). The van der Waals surface area contributed by atoms with Gasteiger partial charge in [0.25, 0.3) is 0 Å². The van der Waals surface area contributed by atoms with E-state index in [2.05, 4.69) is 20.9 Å². The highest BCUT2D eigenvalue weighted by molar-refractivity contribution is 7.17. The van der Waals surface area contributed by atoms with E-state index in [-0.39, 0.29) is 0 Å². The van der Waals surface area contributed by atoms with Gasteiger partial charge < -0.3 is 9.80 Å². The molecule has 0 atom stereocenters. The number of carbonyl (C=O) groups is 1. The monoisotopic (exact) mass is 341 g/mol. The molecular weight excluding hydrogens is 329 g/mol. The standard InChI is InChI=1S/C14H13Cl2N3OS/c15-10-2-1-3-11(8-10)18-4-6-19(7-5-18)14-17-13(16)12(9-20)21-14/h1-3,8-9H,4-7H2. The molecule has 1 aliphatic rings. The molecular formula is C14H13Cl2N3OS. The number of aldehydes is 1. The van der Waals surface area contributed by atoms with Crippen LogP contribution >= 0.6 is 34.5 Å². The molecule has 0 spiro atoms. The molecule has 1 fully saturated rings. The van der Waals surface area contributed by atoms with E-state index < -0.39 is 0 Å². The van der Waals surface area contributed by atoms with Gasteiger partial charge in [-0.3, -0.25) is 4.79 Å². The Balaban J connectivity index is 1.68. The molecule has 2 aromatic rings. The number of thiazole rings is 1. The van der Waals surface area contributed by atoms with E-state index in [9.17, 15) is 4.79 Å². The van der Waals surface area contributed by atoms with Crippen LogP contribution in [-0.2, 0) is 0 Å². The van der Waals surface area contributed by atoms with Gasteiger partial charge in [0.1, 0.15) is 4.88 Å². The molecule has 0 N–H and O–H groups in total. The molecule has 4 nitrogen and oxygen atoms in total. The lowest BCUT2D eigenvalue weighted by Crippen LogP contribution is -2.46. The van der Waals surface area contributed by atoms with Crippen LogP contribution in [0.3, 0.4) is 0 Å². The van der Waals surface area contributed by atoms with Crippen LogP contribution in [0.5, 0.6) is 0 Å². The second-order valence-corrected chi connectivity index (χ2v) is 6.53. The highest BCUT2D eigenvalue weighted by Crippen LogP contribution is 2.29. The number of hydrogen-bond donors (Lipinski definition) is 0. The summed E-state index contributed by atoms with van der Waals surface area (Å²) in [6.45, 7) is 3.45. The van der Waals surface area contributed by atoms with Crippen molar-refractivity contribution in [2.45, 2.75) is 0 Å². The zero-order valence-electron chi connectivity index (χ0n) is 11.1. The van der Waals surface area contributed by atoms with Crippen molar-refractivity contribution in [2.24, 2.45) is 0 Å². The van der Waals surface area contributed by atoms with E-state index in [0.29, 0.717) is 10.0 Å². The molecule has 110 valence electrons. The van der Waals surface area contributed by atoms with Gasteiger partial charge in [-0.15, -0.1) is 0 Å². The Hall–Kier alpha value is -1.30. The SMILES string of the molecule is O=Cc1sc(N2CCN(c3cccc(Cl)c3)CC2)nc1Cl. The Morgan fingerprint density at radius 3 is 2.48 bits per heavy atom. The summed E-state index contributed by atoms with van der Waals surface area (Å²) in [5.41, 5.74) is 1.13. The van der Waals surface area contributed by atoms with Crippen molar-refractivity contribution in [3.63, 3.8) is 0 Å². The molecule has 0 unspecified atom stereocenters. The van der Waals surface area contributed by atoms with E-state index in [1.807, 2.05) is 18.2 Å². The third kappa shape index (κ3) is 3.15. The fourth-order valence-corrected chi connectivity index (χ4v) is 3.64. The highest BCUT2D eigenvalue weighted by Gasteiger charge is 2.21. The van der Waals surface area contributed by atoms with Crippen LogP contribution in [0.1, 0.15) is 9.67 Å². The summed E-state index contributed by atoms with van der Waals surface area (Å²) < 4.78 is 0. The van der Waals surface area contributed by atoms with Gasteiger partial charge in [0.15, 0.2) is 16.6 Å². The highest BCUT2D eigenvalue weighted by atomic mass is 35.5. The molecule has 0 saturated carbocycles. The number of aromatic nitrogens is 1. The summed E-state index contributed by atoms with van der Waals surface area (Å²) in [4.78, 5) is 20.0. The van der Waals surface area contributed by atoms with Crippen LogP contribution in [0.15, 0.2) is 24.3 Å². The number of hydrogen-bond acceptors (Lipinski definition) is 5. The first-order valence-electron chi connectivity index (χ1n) is 6.54. The topological polar surface area (TPSA) is 36.4 Å². The Morgan fingerprint density at radius 2 is 1.86 bits per heavy atom. The molecule has 1 saturated heterocycles. The number of rotatable bonds is 3. The van der Waals surface area contributed by atoms with Crippen molar-refractivity contribution >= 4 is 51.6 Å². The lowest BCUT2D eigenvalue weighted by Gasteiger charge is -2.36. The van der Waals surface area contributed by atoms with Crippen molar-refractivity contribution < 1.29 is 4.79 Å². The van der Waals surface area contributed by atoms with Crippen LogP contribution in [-0.4, -0.2) is 37.4 Å². The van der Waals surface area contributed by atoms with Crippen LogP contribution in [0.2, 0.25) is 10.2 Å². The molecule has 0 bridgehead atoms. The third-order valence-corrected chi connectivity index (χ3v) is 5.11. The minimum Gasteiger partial charge on any atom is -0.368 e. The van der Waals surface area contributed by atoms with Crippen LogP contribution in [0.4, 0.5) is 10.8 Å². The Labute approximate surface area is 136 Å². The van der Waals surface area contributed by atoms with Gasteiger partial charge in [0, 0.05) is 36.9 Å². The number of benzene rings is 1. The lowest BCUT2D eigenvalue weighted by atomic mass is 10.2. The molecule has 0 amide bonds. The molecule has 2 heterocycles. The Kier molecular flexibility index (Phi) is 4.33. The van der Waals surface area contributed by atoms with E-state index >= 15 is 0 Å². The summed E-state index contributed by atoms with van der Waals surface area (Å²) in [6, 6.07) is 7.87. The maximum Gasteiger partial charge on any atom is 0.187 e. The second-order valence-electron chi connectivity index (χ2n) is 4.72. The fourth-order valence-electron chi connectivity index (χ4n) is 2.34. The molecule has 0 aliphatic carbocycles. The first kappa shape index (κ1) is 14.6. The predicted molar refractivity (Wildman–Crippen MR) is 88.4 cm³/mol. The quantitative estimate of drug-likeness (QED) is 0.799. The van der Waals surface area contributed by atoms with Gasteiger partial charge in [0.05, 0.1) is 0 Å². The maximum atomic E-state index is 10.8. The van der Waals surface area contributed by atoms with Gasteiger partial charge in [-0.1, -0.05) is 40.6 Å². The molecule has 1 aliphatic heterocycles. The van der Waals surface area contributed by atoms with Crippen LogP contribution < -0.4 is 9.80 Å². The second kappa shape index (κ2) is 6.22. The summed E-state index contributed by atoms with van der Waals surface area (Å²) in [6.07, 6.45) is 0.756. The zero-order valence-corrected chi connectivity index (χ0v) is 13.5. The smallest absolute Gasteiger partial charge is 0.187 e. The molecule has 7 heteroatoms. The largest absolute Gasteiger partial charge is 0.368 e. The van der Waals surface area contributed by atoms with Gasteiger partial charge in [-0.25, -0.2) is 4.98 Å². The molecule has 21 heavy (non-hydrogen) atoms. The predicted octanol–water partition coefficient (Wildman–Crippen LogP) is 3.59. The van der Waals surface area contributed by atoms with Crippen molar-refractivity contribution in [1.82, 2.24) is 4.98 Å². The van der Waals surface area contributed by atoms with Crippen molar-refractivity contribution in [1.29, 1.82) is 0 Å². The molecule has 1 aromatic heterocycles. The van der Waals surface area contributed by atoms with E-state index in [1.165, 1.54) is 11.3 Å². The van der Waals surface area contributed by atoms with Crippen LogP contribution in [0, 0.1) is 0 Å². The minimum atomic E-state index is 0.294. The number of carbonyl (C=O) groups excluding carboxylic acids is 1. The van der Waals surface area contributed by atoms with Gasteiger partial charge in [0.2, 0.25) is 0 Å². The first-order chi connectivity index (χ1) is 10.2. The Morgan fingerprint density at radius 1 is 1.14 bits per heavy atom. The first-order valence-corrected chi connectivity index (χ1v) is 8.11. The normalized spacial score (nSPS) is 15.3. The third-order valence-electron chi connectivity index (χ3n) is 3.43. The maximum absolute atomic E-state index is 10.8. The summed E-state index contributed by atoms with van der Waals surface area (Å²) >= 11 is 13.3. The van der Waals surface area contributed by atoms with E-state index in [0.717, 1.165) is 48.3 Å². The van der Waals surface area contributed by atoms with E-state index in [4.69, 9.17) is 23.2 Å². The van der Waals surface area contributed by atoms with Crippen molar-refractivity contribution in [2.75, 3.05) is 36.0 Å². The van der Waals surface area contributed by atoms with Gasteiger partial charge >= 0.3 is 0 Å². The lowest BCUT2D eigenvalue weighted by molar-refractivity contribution is 0.112. The number of nitrogens with zero attached hydrogens (tertiary/aromatic N) is 3. The van der Waals surface area contributed by atoms with Crippen molar-refractivity contribution in [3.05, 3.63) is 39.3 Å². The minimum absolute atomic E-state index is 0.294. The molecule has 1 aromatic carbocycles. The number of piperazine rings is 1. The molecule has 0 radical (unpaired) electrons. The summed E-state index contributed by atoms with van der Waals surface area (Å²) in [5.74, 6) is 0. The number of anilines is 2. The van der Waals surface area contributed by atoms with Gasteiger partial charge in [-0.2, -0.15) is 0 Å². The van der Waals surface area contributed by atoms with Crippen molar-refractivity contribution in [3.8, 4) is 0 Å². The average molecular weight is 342 g/mol. The van der Waals surface area contributed by atoms with Gasteiger partial charge in [-0.05, 0) is 18.2 Å². The number of halogens is 2. The average Bonchev–Trinajstić information content (AvgIpc) is 2.88. The summed E-state index contributed by atoms with van der Waals surface area (Å²) in [5, 5.41) is 1.85. The fraction of sp³-hybridized carbons (Fsp3) is 0.286. The summed E-state index contributed by atoms with van der Waals surface area (Å²) in [7, 11) is 0. The Bertz CT molecular complexity index is 653.